The van der Waals surface area contributed by atoms with E-state index in [9.17, 15) is 14.6 Å². The summed E-state index contributed by atoms with van der Waals surface area (Å²) >= 11 is 0. The van der Waals surface area contributed by atoms with Crippen LogP contribution < -0.4 is 4.89 Å². The van der Waals surface area contributed by atoms with Crippen molar-refractivity contribution in [1.82, 2.24) is 0 Å². The second kappa shape index (κ2) is 17.4. The first-order valence-electron chi connectivity index (χ1n) is 10.5. The second-order valence-corrected chi connectivity index (χ2v) is 8.80. The van der Waals surface area contributed by atoms with Crippen LogP contribution in [0.15, 0.2) is 0 Å². The van der Waals surface area contributed by atoms with Crippen LogP contribution in [0.5, 0.6) is 0 Å². The molecule has 0 aromatic carbocycles. The van der Waals surface area contributed by atoms with Crippen molar-refractivity contribution in [2.24, 2.45) is 0 Å². The van der Waals surface area contributed by atoms with Gasteiger partial charge in [-0.25, -0.2) is 0 Å². The van der Waals surface area contributed by atoms with Gasteiger partial charge in [-0.05, 0) is 6.42 Å². The molecule has 0 aliphatic carbocycles. The molecule has 2 unspecified atom stereocenters. The Morgan fingerprint density at radius 2 is 1.04 bits per heavy atom. The fraction of sp³-hybridized carbons (Fsp3) is 1.00. The van der Waals surface area contributed by atoms with Gasteiger partial charge in [0.1, 0.15) is 6.61 Å². The van der Waals surface area contributed by atoms with Crippen molar-refractivity contribution >= 4 is 8.03 Å². The van der Waals surface area contributed by atoms with Gasteiger partial charge in [-0.15, -0.1) is 0 Å². The van der Waals surface area contributed by atoms with Gasteiger partial charge in [0, 0.05) is 6.42 Å². The van der Waals surface area contributed by atoms with E-state index >= 15 is 0 Å². The Bertz CT molecular complexity index is 312. The predicted octanol–water partition coefficient (Wildman–Crippen LogP) is 5.42. The van der Waals surface area contributed by atoms with Gasteiger partial charge >= 0.3 is 8.03 Å². The van der Waals surface area contributed by atoms with E-state index in [4.69, 9.17) is 5.11 Å². The smallest absolute Gasteiger partial charge is 0.346 e. The molecule has 0 radical (unpaired) electrons. The van der Waals surface area contributed by atoms with Crippen molar-refractivity contribution < 1.29 is 19.7 Å². The van der Waals surface area contributed by atoms with Crippen molar-refractivity contribution in [3.63, 3.8) is 0 Å². The zero-order valence-electron chi connectivity index (χ0n) is 16.4. The minimum atomic E-state index is -2.98. The van der Waals surface area contributed by atoms with Gasteiger partial charge in [0.05, 0.1) is 0 Å². The minimum absolute atomic E-state index is 0.140. The highest BCUT2D eigenvalue weighted by Gasteiger charge is 2.39. The first-order valence-corrected chi connectivity index (χ1v) is 11.7. The predicted molar refractivity (Wildman–Crippen MR) is 104 cm³/mol. The normalized spacial score (nSPS) is 14.5. The molecule has 0 saturated carbocycles. The highest BCUT2D eigenvalue weighted by molar-refractivity contribution is 7.38. The zero-order valence-corrected chi connectivity index (χ0v) is 17.3. The Morgan fingerprint density at radius 3 is 1.32 bits per heavy atom. The average molecular weight is 377 g/mol. The summed E-state index contributed by atoms with van der Waals surface area (Å²) in [5.41, 5.74) is 0. The van der Waals surface area contributed by atoms with Crippen molar-refractivity contribution in [2.75, 3.05) is 6.61 Å². The number of aliphatic hydroxyl groups is 2. The van der Waals surface area contributed by atoms with Crippen LogP contribution in [0.2, 0.25) is 0 Å². The Balaban J connectivity index is 3.23. The standard InChI is InChI=1S/C20H41O4P/c1-2-3-4-5-6-7-8-9-10-11-12-13-14-15-16-17-18-20(22,19-21)25(23)24/h21-22H,2-19H2,1H3. The molecule has 0 amide bonds. The molecule has 0 spiro atoms. The van der Waals surface area contributed by atoms with Crippen LogP contribution in [-0.4, -0.2) is 22.2 Å². The lowest BCUT2D eigenvalue weighted by molar-refractivity contribution is -0.182. The number of aliphatic hydroxyl groups excluding tert-OH is 1. The van der Waals surface area contributed by atoms with E-state index < -0.39 is 20.0 Å². The number of hydrogen-bond donors (Lipinski definition) is 2. The summed E-state index contributed by atoms with van der Waals surface area (Å²) in [5.74, 6) is 0. The SMILES string of the molecule is CCCCCCCCCCCCCCCCCCC(O)(CO)[P+](=O)[O-]. The van der Waals surface area contributed by atoms with Crippen LogP contribution in [0.4, 0.5) is 0 Å². The summed E-state index contributed by atoms with van der Waals surface area (Å²) in [6, 6.07) is 0. The highest BCUT2D eigenvalue weighted by Crippen LogP contribution is 2.33. The van der Waals surface area contributed by atoms with Gasteiger partial charge in [0.15, 0.2) is 0 Å². The molecule has 0 aliphatic heterocycles. The third-order valence-corrected chi connectivity index (χ3v) is 6.07. The largest absolute Gasteiger partial charge is 0.593 e. The van der Waals surface area contributed by atoms with Crippen LogP contribution in [0.25, 0.3) is 0 Å². The molecule has 0 heterocycles. The maximum Gasteiger partial charge on any atom is 0.346 e. The third-order valence-electron chi connectivity index (χ3n) is 5.02. The highest BCUT2D eigenvalue weighted by atomic mass is 31.1. The van der Waals surface area contributed by atoms with E-state index in [-0.39, 0.29) is 6.42 Å². The minimum Gasteiger partial charge on any atom is -0.593 e. The summed E-state index contributed by atoms with van der Waals surface area (Å²) in [7, 11) is -2.98. The molecule has 4 nitrogen and oxygen atoms in total. The third kappa shape index (κ3) is 14.8. The number of rotatable bonds is 19. The van der Waals surface area contributed by atoms with E-state index in [2.05, 4.69) is 6.92 Å². The Kier molecular flexibility index (Phi) is 17.4. The molecule has 0 aromatic rings. The summed E-state index contributed by atoms with van der Waals surface area (Å²) in [5, 5.41) is 16.7. The topological polar surface area (TPSA) is 80.6 Å². The Hall–Kier alpha value is -0.0200. The quantitative estimate of drug-likeness (QED) is 0.233. The maximum atomic E-state index is 10.9. The van der Waals surface area contributed by atoms with E-state index in [1.807, 2.05) is 0 Å². The number of hydrogen-bond acceptors (Lipinski definition) is 4. The van der Waals surface area contributed by atoms with Gasteiger partial charge in [0.2, 0.25) is 0 Å². The summed E-state index contributed by atoms with van der Waals surface area (Å²) < 4.78 is 10.9. The monoisotopic (exact) mass is 376 g/mol. The van der Waals surface area contributed by atoms with E-state index in [0.717, 1.165) is 12.8 Å². The molecule has 0 fully saturated rings. The lowest BCUT2D eigenvalue weighted by Gasteiger charge is -2.16. The van der Waals surface area contributed by atoms with Crippen LogP contribution in [0.3, 0.4) is 0 Å². The average Bonchev–Trinajstić information content (AvgIpc) is 2.61. The molecule has 0 aliphatic rings. The van der Waals surface area contributed by atoms with Crippen LogP contribution in [0, 0.1) is 0 Å². The molecule has 2 N–H and O–H groups in total. The molecule has 2 atom stereocenters. The fourth-order valence-electron chi connectivity index (χ4n) is 3.18. The molecule has 0 saturated heterocycles. The second-order valence-electron chi connectivity index (χ2n) is 7.45. The molecule has 150 valence electrons. The van der Waals surface area contributed by atoms with Gasteiger partial charge in [-0.2, -0.15) is 0 Å². The maximum absolute atomic E-state index is 10.9. The van der Waals surface area contributed by atoms with E-state index in [0.29, 0.717) is 6.42 Å². The molecular weight excluding hydrogens is 335 g/mol. The summed E-state index contributed by atoms with van der Waals surface area (Å²) in [4.78, 5) is 10.9. The van der Waals surface area contributed by atoms with Gasteiger partial charge < -0.3 is 15.1 Å². The van der Waals surface area contributed by atoms with Gasteiger partial charge in [-0.3, -0.25) is 0 Å². The summed E-state index contributed by atoms with van der Waals surface area (Å²) in [6.45, 7) is 1.56. The zero-order chi connectivity index (χ0) is 18.8. The fourth-order valence-corrected chi connectivity index (χ4v) is 3.64. The van der Waals surface area contributed by atoms with E-state index in [1.165, 1.54) is 83.5 Å². The van der Waals surface area contributed by atoms with Crippen LogP contribution >= 0.6 is 8.03 Å². The van der Waals surface area contributed by atoms with Gasteiger partial charge in [-0.1, -0.05) is 108 Å². The lowest BCUT2D eigenvalue weighted by Crippen LogP contribution is -2.31. The molecule has 0 bridgehead atoms. The number of unbranched alkanes of at least 4 members (excludes halogenated alkanes) is 15. The van der Waals surface area contributed by atoms with Crippen LogP contribution in [-0.2, 0) is 4.57 Å². The van der Waals surface area contributed by atoms with Crippen molar-refractivity contribution in [3.8, 4) is 0 Å². The molecule has 0 aromatic heterocycles. The molecule has 0 rings (SSSR count). The molecular formula is C20H41O4P. The molecule has 25 heavy (non-hydrogen) atoms. The first-order chi connectivity index (χ1) is 12.1. The van der Waals surface area contributed by atoms with Crippen molar-refractivity contribution in [1.29, 1.82) is 0 Å². The van der Waals surface area contributed by atoms with Crippen molar-refractivity contribution in [3.05, 3.63) is 0 Å². The van der Waals surface area contributed by atoms with Crippen LogP contribution in [0.1, 0.15) is 116 Å². The molecule has 5 heteroatoms. The lowest BCUT2D eigenvalue weighted by atomic mass is 10.0. The Labute approximate surface area is 156 Å². The Morgan fingerprint density at radius 1 is 0.720 bits per heavy atom. The van der Waals surface area contributed by atoms with Gasteiger partial charge in [0.25, 0.3) is 5.34 Å². The summed E-state index contributed by atoms with van der Waals surface area (Å²) in [6.07, 6.45) is 20.3. The first kappa shape index (κ1) is 25.0. The van der Waals surface area contributed by atoms with Crippen molar-refractivity contribution in [2.45, 2.75) is 121 Å². The van der Waals surface area contributed by atoms with E-state index in [1.54, 1.807) is 0 Å².